The molecule has 3 rings (SSSR count). The van der Waals surface area contributed by atoms with Crippen molar-refractivity contribution in [1.29, 1.82) is 0 Å². The topological polar surface area (TPSA) is 98.3 Å². The zero-order valence-corrected chi connectivity index (χ0v) is 17.6. The van der Waals surface area contributed by atoms with Crippen molar-refractivity contribution in [1.82, 2.24) is 14.5 Å². The molecule has 0 aliphatic heterocycles. The van der Waals surface area contributed by atoms with Gasteiger partial charge in [-0.25, -0.2) is 4.98 Å². The van der Waals surface area contributed by atoms with Crippen molar-refractivity contribution in [2.45, 2.75) is 32.9 Å². The van der Waals surface area contributed by atoms with Gasteiger partial charge >= 0.3 is 0 Å². The fourth-order valence-electron chi connectivity index (χ4n) is 3.50. The van der Waals surface area contributed by atoms with Crippen LogP contribution in [-0.4, -0.2) is 32.3 Å². The van der Waals surface area contributed by atoms with Gasteiger partial charge < -0.3 is 4.90 Å². The molecular formula is C21H21ClN4O4. The van der Waals surface area contributed by atoms with Crippen molar-refractivity contribution < 1.29 is 9.72 Å². The SMILES string of the molecule is CCC(c1nc2ccccc2c(=O)n1CC)N(C)C(=O)c1ccc([N+](=O)[O-])cc1Cl. The second kappa shape index (κ2) is 8.62. The smallest absolute Gasteiger partial charge is 0.270 e. The van der Waals surface area contributed by atoms with Crippen LogP contribution in [0.4, 0.5) is 5.69 Å². The molecular weight excluding hydrogens is 408 g/mol. The first kappa shape index (κ1) is 21.4. The molecule has 0 aliphatic carbocycles. The van der Waals surface area contributed by atoms with E-state index in [1.165, 1.54) is 17.0 Å². The monoisotopic (exact) mass is 428 g/mol. The molecule has 156 valence electrons. The highest BCUT2D eigenvalue weighted by Crippen LogP contribution is 2.28. The molecule has 0 saturated heterocycles. The summed E-state index contributed by atoms with van der Waals surface area (Å²) < 4.78 is 1.57. The lowest BCUT2D eigenvalue weighted by Gasteiger charge is -2.29. The van der Waals surface area contributed by atoms with Gasteiger partial charge in [0.1, 0.15) is 5.82 Å². The molecule has 30 heavy (non-hydrogen) atoms. The van der Waals surface area contributed by atoms with Crippen LogP contribution in [0.5, 0.6) is 0 Å². The van der Waals surface area contributed by atoms with Gasteiger partial charge in [0, 0.05) is 25.7 Å². The van der Waals surface area contributed by atoms with Crippen LogP contribution in [0.1, 0.15) is 42.5 Å². The van der Waals surface area contributed by atoms with Crippen LogP contribution >= 0.6 is 11.6 Å². The molecule has 1 atom stereocenters. The maximum atomic E-state index is 13.1. The third kappa shape index (κ3) is 3.78. The lowest BCUT2D eigenvalue weighted by Crippen LogP contribution is -2.36. The van der Waals surface area contributed by atoms with Crippen LogP contribution in [-0.2, 0) is 6.54 Å². The Kier molecular flexibility index (Phi) is 6.17. The zero-order chi connectivity index (χ0) is 22.0. The van der Waals surface area contributed by atoms with Gasteiger partial charge in [0.2, 0.25) is 0 Å². The standard InChI is InChI=1S/C21H21ClN4O4/c1-4-18(19-23-17-9-7-6-8-15(17)21(28)25(19)5-2)24(3)20(27)14-11-10-13(26(29)30)12-16(14)22/h6-12,18H,4-5H2,1-3H3. The summed E-state index contributed by atoms with van der Waals surface area (Å²) in [6.07, 6.45) is 0.512. The molecule has 0 bridgehead atoms. The van der Waals surface area contributed by atoms with Crippen molar-refractivity contribution in [2.75, 3.05) is 7.05 Å². The van der Waals surface area contributed by atoms with Crippen LogP contribution in [0.2, 0.25) is 5.02 Å². The minimum absolute atomic E-state index is 0.00439. The van der Waals surface area contributed by atoms with Crippen molar-refractivity contribution >= 4 is 34.1 Å². The predicted molar refractivity (Wildman–Crippen MR) is 115 cm³/mol. The molecule has 1 unspecified atom stereocenters. The lowest BCUT2D eigenvalue weighted by atomic mass is 10.1. The Balaban J connectivity index is 2.07. The molecule has 1 amide bonds. The number of amides is 1. The van der Waals surface area contributed by atoms with Crippen molar-refractivity contribution in [2.24, 2.45) is 0 Å². The number of fused-ring (bicyclic) bond motifs is 1. The lowest BCUT2D eigenvalue weighted by molar-refractivity contribution is -0.384. The van der Waals surface area contributed by atoms with E-state index in [0.717, 1.165) is 6.07 Å². The predicted octanol–water partition coefficient (Wildman–Crippen LogP) is 4.20. The van der Waals surface area contributed by atoms with Crippen LogP contribution in [0.3, 0.4) is 0 Å². The number of nitrogens with zero attached hydrogens (tertiary/aromatic N) is 4. The zero-order valence-electron chi connectivity index (χ0n) is 16.8. The highest BCUT2D eigenvalue weighted by molar-refractivity contribution is 6.34. The first-order valence-electron chi connectivity index (χ1n) is 9.50. The normalized spacial score (nSPS) is 12.0. The second-order valence-corrected chi connectivity index (χ2v) is 7.21. The average molecular weight is 429 g/mol. The van der Waals surface area contributed by atoms with Gasteiger partial charge in [-0.3, -0.25) is 24.3 Å². The fraction of sp³-hybridized carbons (Fsp3) is 0.286. The Morgan fingerprint density at radius 2 is 1.97 bits per heavy atom. The van der Waals surface area contributed by atoms with Crippen LogP contribution in [0, 0.1) is 10.1 Å². The Hall–Kier alpha value is -3.26. The van der Waals surface area contributed by atoms with Crippen LogP contribution in [0.15, 0.2) is 47.3 Å². The average Bonchev–Trinajstić information content (AvgIpc) is 2.73. The number of carbonyl (C=O) groups excluding carboxylic acids is 1. The van der Waals surface area contributed by atoms with Crippen molar-refractivity contribution in [3.8, 4) is 0 Å². The molecule has 1 aromatic heterocycles. The second-order valence-electron chi connectivity index (χ2n) is 6.80. The molecule has 3 aromatic rings. The van der Waals surface area contributed by atoms with Gasteiger partial charge in [-0.05, 0) is 31.5 Å². The largest absolute Gasteiger partial charge is 0.331 e. The van der Waals surface area contributed by atoms with E-state index in [1.54, 1.807) is 35.9 Å². The number of hydrogen-bond donors (Lipinski definition) is 0. The number of benzene rings is 2. The van der Waals surface area contributed by atoms with Crippen LogP contribution in [0.25, 0.3) is 10.9 Å². The maximum Gasteiger partial charge on any atom is 0.270 e. The number of nitro benzene ring substituents is 1. The third-order valence-corrected chi connectivity index (χ3v) is 5.39. The van der Waals surface area contributed by atoms with E-state index in [0.29, 0.717) is 29.7 Å². The molecule has 0 saturated carbocycles. The summed E-state index contributed by atoms with van der Waals surface area (Å²) in [4.78, 5) is 42.6. The van der Waals surface area contributed by atoms with Gasteiger partial charge in [-0.2, -0.15) is 0 Å². The van der Waals surface area contributed by atoms with E-state index in [-0.39, 0.29) is 21.8 Å². The Morgan fingerprint density at radius 3 is 2.57 bits per heavy atom. The summed E-state index contributed by atoms with van der Waals surface area (Å²) in [6, 6.07) is 10.3. The van der Waals surface area contributed by atoms with E-state index in [2.05, 4.69) is 4.98 Å². The minimum atomic E-state index is -0.572. The molecule has 2 aromatic carbocycles. The first-order valence-corrected chi connectivity index (χ1v) is 9.88. The summed E-state index contributed by atoms with van der Waals surface area (Å²) in [5, 5.41) is 11.4. The van der Waals surface area contributed by atoms with Gasteiger partial charge in [0.25, 0.3) is 17.2 Å². The van der Waals surface area contributed by atoms with E-state index in [1.807, 2.05) is 13.8 Å². The van der Waals surface area contributed by atoms with Crippen LogP contribution < -0.4 is 5.56 Å². The summed E-state index contributed by atoms with van der Waals surface area (Å²) in [7, 11) is 1.61. The molecule has 0 aliphatic rings. The quantitative estimate of drug-likeness (QED) is 0.432. The highest BCUT2D eigenvalue weighted by Gasteiger charge is 2.27. The van der Waals surface area contributed by atoms with Gasteiger partial charge in [0.15, 0.2) is 0 Å². The highest BCUT2D eigenvalue weighted by atomic mass is 35.5. The number of carbonyl (C=O) groups is 1. The minimum Gasteiger partial charge on any atom is -0.331 e. The first-order chi connectivity index (χ1) is 14.3. The molecule has 9 heteroatoms. The Labute approximate surface area is 177 Å². The number of non-ortho nitro benzene ring substituents is 1. The summed E-state index contributed by atoms with van der Waals surface area (Å²) in [6.45, 7) is 4.15. The fourth-order valence-corrected chi connectivity index (χ4v) is 3.75. The van der Waals surface area contributed by atoms with E-state index < -0.39 is 16.9 Å². The third-order valence-electron chi connectivity index (χ3n) is 5.07. The molecule has 8 nitrogen and oxygen atoms in total. The molecule has 1 heterocycles. The number of aromatic nitrogens is 2. The molecule has 0 spiro atoms. The number of halogens is 1. The summed E-state index contributed by atoms with van der Waals surface area (Å²) in [5.41, 5.74) is 0.359. The van der Waals surface area contributed by atoms with E-state index in [4.69, 9.17) is 11.6 Å². The van der Waals surface area contributed by atoms with Crippen molar-refractivity contribution in [3.05, 3.63) is 79.3 Å². The molecule has 0 N–H and O–H groups in total. The van der Waals surface area contributed by atoms with E-state index >= 15 is 0 Å². The number of para-hydroxylation sites is 1. The van der Waals surface area contributed by atoms with Gasteiger partial charge in [-0.15, -0.1) is 0 Å². The van der Waals surface area contributed by atoms with E-state index in [9.17, 15) is 19.7 Å². The molecule has 0 fully saturated rings. The summed E-state index contributed by atoms with van der Waals surface area (Å²) >= 11 is 6.15. The molecule has 0 radical (unpaired) electrons. The number of nitro groups is 1. The van der Waals surface area contributed by atoms with Gasteiger partial charge in [-0.1, -0.05) is 30.7 Å². The summed E-state index contributed by atoms with van der Waals surface area (Å²) in [5.74, 6) is 0.0735. The Bertz CT molecular complexity index is 1190. The van der Waals surface area contributed by atoms with Gasteiger partial charge in [0.05, 0.1) is 32.5 Å². The number of hydrogen-bond acceptors (Lipinski definition) is 5. The number of rotatable bonds is 6. The maximum absolute atomic E-state index is 13.1. The van der Waals surface area contributed by atoms with Crippen molar-refractivity contribution in [3.63, 3.8) is 0 Å². The Morgan fingerprint density at radius 1 is 1.27 bits per heavy atom.